The molecule has 0 aliphatic carbocycles. The number of amides is 2. The molecule has 0 spiro atoms. The van der Waals surface area contributed by atoms with Crippen LogP contribution in [0.3, 0.4) is 0 Å². The van der Waals surface area contributed by atoms with Crippen LogP contribution in [0.25, 0.3) is 0 Å². The zero-order chi connectivity index (χ0) is 17.1. The molecule has 1 atom stereocenters. The molecular formula is C17H21Cl2N3O2. The molecule has 2 fully saturated rings. The fourth-order valence-corrected chi connectivity index (χ4v) is 3.64. The van der Waals surface area contributed by atoms with Crippen LogP contribution in [0.5, 0.6) is 0 Å². The van der Waals surface area contributed by atoms with Gasteiger partial charge in [-0.3, -0.25) is 9.59 Å². The zero-order valence-electron chi connectivity index (χ0n) is 13.4. The lowest BCUT2D eigenvalue weighted by Crippen LogP contribution is -2.51. The van der Waals surface area contributed by atoms with Gasteiger partial charge in [-0.15, -0.1) is 0 Å². The third-order valence-corrected chi connectivity index (χ3v) is 5.41. The Morgan fingerprint density at radius 3 is 2.58 bits per heavy atom. The van der Waals surface area contributed by atoms with E-state index in [-0.39, 0.29) is 17.9 Å². The Hall–Kier alpha value is -1.30. The predicted molar refractivity (Wildman–Crippen MR) is 94.6 cm³/mol. The summed E-state index contributed by atoms with van der Waals surface area (Å²) in [5, 5.41) is 7.13. The van der Waals surface area contributed by atoms with Gasteiger partial charge in [0, 0.05) is 18.2 Å². The average Bonchev–Trinajstić information content (AvgIpc) is 3.07. The lowest BCUT2D eigenvalue weighted by molar-refractivity contribution is -0.125. The highest BCUT2D eigenvalue weighted by molar-refractivity contribution is 6.42. The molecule has 1 aromatic carbocycles. The minimum absolute atomic E-state index is 0.0483. The fraction of sp³-hybridized carbons (Fsp3) is 0.529. The van der Waals surface area contributed by atoms with Gasteiger partial charge in [0.15, 0.2) is 0 Å². The number of rotatable bonds is 3. The predicted octanol–water partition coefficient (Wildman–Crippen LogP) is 2.47. The van der Waals surface area contributed by atoms with Crippen molar-refractivity contribution in [2.45, 2.75) is 37.8 Å². The molecule has 5 nitrogen and oxygen atoms in total. The largest absolute Gasteiger partial charge is 0.351 e. The van der Waals surface area contributed by atoms with Gasteiger partial charge in [0.25, 0.3) is 5.91 Å². The Bertz CT molecular complexity index is 632. The van der Waals surface area contributed by atoms with Crippen LogP contribution in [-0.2, 0) is 4.79 Å². The number of benzene rings is 1. The molecule has 0 bridgehead atoms. The van der Waals surface area contributed by atoms with Crippen molar-refractivity contribution in [2.75, 3.05) is 19.6 Å². The highest BCUT2D eigenvalue weighted by Gasteiger charge is 2.35. The van der Waals surface area contributed by atoms with E-state index < -0.39 is 6.04 Å². The Morgan fingerprint density at radius 1 is 1.12 bits per heavy atom. The van der Waals surface area contributed by atoms with E-state index in [0.29, 0.717) is 28.6 Å². The van der Waals surface area contributed by atoms with Gasteiger partial charge in [-0.2, -0.15) is 0 Å². The quantitative estimate of drug-likeness (QED) is 0.860. The number of hydrogen-bond acceptors (Lipinski definition) is 3. The first-order chi connectivity index (χ1) is 11.6. The van der Waals surface area contributed by atoms with E-state index in [4.69, 9.17) is 23.2 Å². The molecule has 2 saturated heterocycles. The van der Waals surface area contributed by atoms with Crippen molar-refractivity contribution in [1.82, 2.24) is 15.5 Å². The topological polar surface area (TPSA) is 61.4 Å². The molecule has 0 radical (unpaired) electrons. The monoisotopic (exact) mass is 369 g/mol. The van der Waals surface area contributed by atoms with Gasteiger partial charge in [-0.1, -0.05) is 23.2 Å². The molecule has 2 heterocycles. The number of halogens is 2. The summed E-state index contributed by atoms with van der Waals surface area (Å²) in [5.74, 6) is -0.218. The minimum atomic E-state index is -0.401. The number of hydrogen-bond donors (Lipinski definition) is 2. The highest BCUT2D eigenvalue weighted by atomic mass is 35.5. The van der Waals surface area contributed by atoms with E-state index >= 15 is 0 Å². The van der Waals surface area contributed by atoms with Gasteiger partial charge in [-0.25, -0.2) is 0 Å². The third kappa shape index (κ3) is 3.85. The van der Waals surface area contributed by atoms with E-state index in [1.165, 1.54) is 0 Å². The van der Waals surface area contributed by atoms with Gasteiger partial charge < -0.3 is 15.5 Å². The molecule has 7 heteroatoms. The number of likely N-dealkylation sites (tertiary alicyclic amines) is 1. The van der Waals surface area contributed by atoms with Crippen molar-refractivity contribution in [3.63, 3.8) is 0 Å². The normalized spacial score (nSPS) is 21.8. The van der Waals surface area contributed by atoms with E-state index in [0.717, 1.165) is 32.4 Å². The molecule has 2 aliphatic heterocycles. The molecular weight excluding hydrogens is 349 g/mol. The first kappa shape index (κ1) is 17.5. The maximum Gasteiger partial charge on any atom is 0.254 e. The summed E-state index contributed by atoms with van der Waals surface area (Å²) in [5.41, 5.74) is 0.464. The fourth-order valence-electron chi connectivity index (χ4n) is 3.34. The second-order valence-corrected chi connectivity index (χ2v) is 7.13. The van der Waals surface area contributed by atoms with Crippen LogP contribution >= 0.6 is 23.2 Å². The second-order valence-electron chi connectivity index (χ2n) is 6.32. The average molecular weight is 370 g/mol. The lowest BCUT2D eigenvalue weighted by Gasteiger charge is -2.28. The second kappa shape index (κ2) is 7.72. The van der Waals surface area contributed by atoms with E-state index in [1.54, 1.807) is 23.1 Å². The lowest BCUT2D eigenvalue weighted by atomic mass is 10.1. The van der Waals surface area contributed by atoms with Crippen molar-refractivity contribution >= 4 is 35.0 Å². The van der Waals surface area contributed by atoms with Gasteiger partial charge in [0.2, 0.25) is 5.91 Å². The maximum atomic E-state index is 12.8. The van der Waals surface area contributed by atoms with Crippen molar-refractivity contribution in [2.24, 2.45) is 0 Å². The Balaban J connectivity index is 1.68. The zero-order valence-corrected chi connectivity index (χ0v) is 14.9. The van der Waals surface area contributed by atoms with Gasteiger partial charge in [0.05, 0.1) is 10.0 Å². The van der Waals surface area contributed by atoms with Crippen molar-refractivity contribution in [3.05, 3.63) is 33.8 Å². The molecule has 1 aromatic rings. The SMILES string of the molecule is O=C(NC1CCNCC1)C1CCCN1C(=O)c1ccc(Cl)c(Cl)c1. The summed E-state index contributed by atoms with van der Waals surface area (Å²) < 4.78 is 0. The highest BCUT2D eigenvalue weighted by Crippen LogP contribution is 2.26. The molecule has 2 N–H and O–H groups in total. The van der Waals surface area contributed by atoms with Crippen molar-refractivity contribution in [3.8, 4) is 0 Å². The number of carbonyl (C=O) groups excluding carboxylic acids is 2. The Kier molecular flexibility index (Phi) is 5.64. The minimum Gasteiger partial charge on any atom is -0.351 e. The Morgan fingerprint density at radius 2 is 1.88 bits per heavy atom. The van der Waals surface area contributed by atoms with Gasteiger partial charge in [-0.05, 0) is 57.0 Å². The summed E-state index contributed by atoms with van der Waals surface area (Å²) in [6, 6.07) is 4.61. The smallest absolute Gasteiger partial charge is 0.254 e. The number of nitrogens with one attached hydrogen (secondary N) is 2. The summed E-state index contributed by atoms with van der Waals surface area (Å²) in [4.78, 5) is 27.0. The molecule has 1 unspecified atom stereocenters. The van der Waals surface area contributed by atoms with Crippen LogP contribution in [0.15, 0.2) is 18.2 Å². The first-order valence-corrected chi connectivity index (χ1v) is 9.09. The van der Waals surface area contributed by atoms with E-state index in [2.05, 4.69) is 10.6 Å². The first-order valence-electron chi connectivity index (χ1n) is 8.33. The number of piperidine rings is 1. The summed E-state index contributed by atoms with van der Waals surface area (Å²) in [7, 11) is 0. The molecule has 130 valence electrons. The molecule has 2 amide bonds. The van der Waals surface area contributed by atoms with Crippen LogP contribution in [0.1, 0.15) is 36.0 Å². The molecule has 3 rings (SSSR count). The van der Waals surface area contributed by atoms with Gasteiger partial charge >= 0.3 is 0 Å². The van der Waals surface area contributed by atoms with Crippen LogP contribution in [0.4, 0.5) is 0 Å². The Labute approximate surface area is 151 Å². The van der Waals surface area contributed by atoms with Crippen LogP contribution < -0.4 is 10.6 Å². The molecule has 2 aliphatic rings. The maximum absolute atomic E-state index is 12.8. The molecule has 0 saturated carbocycles. The molecule has 0 aromatic heterocycles. The summed E-state index contributed by atoms with van der Waals surface area (Å²) in [6.07, 6.45) is 3.39. The van der Waals surface area contributed by atoms with Crippen molar-refractivity contribution < 1.29 is 9.59 Å². The summed E-state index contributed by atoms with van der Waals surface area (Å²) >= 11 is 11.9. The number of nitrogens with zero attached hydrogens (tertiary/aromatic N) is 1. The van der Waals surface area contributed by atoms with Crippen LogP contribution in [0.2, 0.25) is 10.0 Å². The third-order valence-electron chi connectivity index (χ3n) is 4.67. The van der Waals surface area contributed by atoms with E-state index in [1.807, 2.05) is 0 Å². The van der Waals surface area contributed by atoms with E-state index in [9.17, 15) is 9.59 Å². The van der Waals surface area contributed by atoms with Crippen LogP contribution in [-0.4, -0.2) is 48.4 Å². The van der Waals surface area contributed by atoms with Gasteiger partial charge in [0.1, 0.15) is 6.04 Å². The molecule has 24 heavy (non-hydrogen) atoms. The van der Waals surface area contributed by atoms with Crippen molar-refractivity contribution in [1.29, 1.82) is 0 Å². The van der Waals surface area contributed by atoms with Crippen LogP contribution in [0, 0.1) is 0 Å². The summed E-state index contributed by atoms with van der Waals surface area (Å²) in [6.45, 7) is 2.42. The number of carbonyl (C=O) groups is 2. The standard InChI is InChI=1S/C17H21Cl2N3O2/c18-13-4-3-11(10-14(13)19)17(24)22-9-1-2-15(22)16(23)21-12-5-7-20-8-6-12/h3-4,10,12,15,20H,1-2,5-9H2,(H,21,23).